The SMILES string of the molecule is CCCCCCCN(C)C(=O)C(OC(C)=O)C(=O)N(C)CCCCCCC. The Kier molecular flexibility index (Phi) is 14.6. The number of rotatable bonds is 15. The molecular weight excluding hydrogens is 344 g/mol. The first-order valence-electron chi connectivity index (χ1n) is 10.5. The highest BCUT2D eigenvalue weighted by Gasteiger charge is 2.34. The molecular formula is C21H40N2O4. The Labute approximate surface area is 165 Å². The fraction of sp³-hybridized carbons (Fsp3) is 0.857. The minimum atomic E-state index is -1.37. The lowest BCUT2D eigenvalue weighted by molar-refractivity contribution is -0.167. The van der Waals surface area contributed by atoms with Gasteiger partial charge < -0.3 is 14.5 Å². The van der Waals surface area contributed by atoms with Gasteiger partial charge in [0.15, 0.2) is 0 Å². The lowest BCUT2D eigenvalue weighted by atomic mass is 10.1. The molecule has 2 amide bonds. The number of esters is 1. The number of unbranched alkanes of at least 4 members (excludes halogenated alkanes) is 8. The summed E-state index contributed by atoms with van der Waals surface area (Å²) >= 11 is 0. The number of ether oxygens (including phenoxy) is 1. The van der Waals surface area contributed by atoms with E-state index in [1.54, 1.807) is 14.1 Å². The van der Waals surface area contributed by atoms with Gasteiger partial charge in [0.25, 0.3) is 17.9 Å². The van der Waals surface area contributed by atoms with Crippen molar-refractivity contribution in [1.82, 2.24) is 9.80 Å². The van der Waals surface area contributed by atoms with Gasteiger partial charge in [0.1, 0.15) is 0 Å². The molecule has 0 saturated heterocycles. The summed E-state index contributed by atoms with van der Waals surface area (Å²) in [6.45, 7) is 6.67. The molecule has 0 N–H and O–H groups in total. The van der Waals surface area contributed by atoms with Crippen LogP contribution in [0.1, 0.15) is 85.0 Å². The van der Waals surface area contributed by atoms with Gasteiger partial charge in [0.2, 0.25) is 0 Å². The van der Waals surface area contributed by atoms with Gasteiger partial charge in [-0.1, -0.05) is 65.2 Å². The summed E-state index contributed by atoms with van der Waals surface area (Å²) in [6.07, 6.45) is 9.51. The van der Waals surface area contributed by atoms with Crippen LogP contribution in [-0.4, -0.2) is 60.9 Å². The van der Waals surface area contributed by atoms with E-state index in [4.69, 9.17) is 4.74 Å². The van der Waals surface area contributed by atoms with Crippen LogP contribution in [0.2, 0.25) is 0 Å². The van der Waals surface area contributed by atoms with Crippen LogP contribution < -0.4 is 0 Å². The standard InChI is InChI=1S/C21H40N2O4/c1-6-8-10-12-14-16-22(4)20(25)19(27-18(3)24)21(26)23(5)17-15-13-11-9-7-2/h19H,6-17H2,1-5H3. The number of hydrogen-bond donors (Lipinski definition) is 0. The highest BCUT2D eigenvalue weighted by Crippen LogP contribution is 2.09. The highest BCUT2D eigenvalue weighted by atomic mass is 16.6. The lowest BCUT2D eigenvalue weighted by Gasteiger charge is -2.26. The largest absolute Gasteiger partial charge is 0.442 e. The maximum atomic E-state index is 12.7. The van der Waals surface area contributed by atoms with Crippen molar-refractivity contribution in [2.24, 2.45) is 0 Å². The predicted molar refractivity (Wildman–Crippen MR) is 108 cm³/mol. The molecule has 0 heterocycles. The molecule has 158 valence electrons. The lowest BCUT2D eigenvalue weighted by Crippen LogP contribution is -2.49. The Morgan fingerprint density at radius 1 is 0.704 bits per heavy atom. The van der Waals surface area contributed by atoms with Gasteiger partial charge in [-0.2, -0.15) is 0 Å². The molecule has 0 aromatic carbocycles. The number of amides is 2. The smallest absolute Gasteiger partial charge is 0.303 e. The average molecular weight is 385 g/mol. The van der Waals surface area contributed by atoms with Crippen LogP contribution in [0, 0.1) is 0 Å². The fourth-order valence-electron chi connectivity index (χ4n) is 2.90. The van der Waals surface area contributed by atoms with Gasteiger partial charge in [0, 0.05) is 34.1 Å². The van der Waals surface area contributed by atoms with Crippen LogP contribution in [0.5, 0.6) is 0 Å². The molecule has 0 aromatic heterocycles. The molecule has 0 bridgehead atoms. The molecule has 0 aliphatic heterocycles. The summed E-state index contributed by atoms with van der Waals surface area (Å²) in [5.41, 5.74) is 0. The van der Waals surface area contributed by atoms with Crippen LogP contribution in [0.25, 0.3) is 0 Å². The van der Waals surface area contributed by atoms with E-state index in [1.807, 2.05) is 0 Å². The topological polar surface area (TPSA) is 66.9 Å². The third-order valence-corrected chi connectivity index (χ3v) is 4.68. The van der Waals surface area contributed by atoms with E-state index in [0.717, 1.165) is 38.5 Å². The van der Waals surface area contributed by atoms with Crippen LogP contribution in [-0.2, 0) is 19.1 Å². The Balaban J connectivity index is 4.61. The van der Waals surface area contributed by atoms with Crippen LogP contribution in [0.15, 0.2) is 0 Å². The Hall–Kier alpha value is -1.59. The summed E-state index contributed by atoms with van der Waals surface area (Å²) < 4.78 is 5.08. The average Bonchev–Trinajstić information content (AvgIpc) is 2.64. The van der Waals surface area contributed by atoms with Gasteiger partial charge in [-0.3, -0.25) is 14.4 Å². The second-order valence-electron chi connectivity index (χ2n) is 7.34. The maximum absolute atomic E-state index is 12.7. The fourth-order valence-corrected chi connectivity index (χ4v) is 2.90. The van der Waals surface area contributed by atoms with Crippen molar-refractivity contribution in [2.75, 3.05) is 27.2 Å². The Morgan fingerprint density at radius 3 is 1.41 bits per heavy atom. The van der Waals surface area contributed by atoms with Gasteiger partial charge in [-0.25, -0.2) is 0 Å². The highest BCUT2D eigenvalue weighted by molar-refractivity contribution is 6.04. The van der Waals surface area contributed by atoms with Crippen LogP contribution in [0.3, 0.4) is 0 Å². The number of nitrogens with zero attached hydrogens (tertiary/aromatic N) is 2. The molecule has 0 aromatic rings. The number of carbonyl (C=O) groups excluding carboxylic acids is 3. The van der Waals surface area contributed by atoms with E-state index in [0.29, 0.717) is 13.1 Å². The third kappa shape index (κ3) is 11.7. The predicted octanol–water partition coefficient (Wildman–Crippen LogP) is 3.78. The zero-order valence-electron chi connectivity index (χ0n) is 18.1. The molecule has 27 heavy (non-hydrogen) atoms. The first-order chi connectivity index (χ1) is 12.8. The van der Waals surface area contributed by atoms with Crippen molar-refractivity contribution in [2.45, 2.75) is 91.1 Å². The molecule has 0 atom stereocenters. The molecule has 0 unspecified atom stereocenters. The van der Waals surface area contributed by atoms with Crippen LogP contribution in [0.4, 0.5) is 0 Å². The molecule has 0 aliphatic carbocycles. The Bertz CT molecular complexity index is 408. The van der Waals surface area contributed by atoms with E-state index < -0.39 is 23.9 Å². The maximum Gasteiger partial charge on any atom is 0.303 e. The molecule has 6 heteroatoms. The van der Waals surface area contributed by atoms with E-state index in [1.165, 1.54) is 42.4 Å². The van der Waals surface area contributed by atoms with E-state index in [9.17, 15) is 14.4 Å². The minimum absolute atomic E-state index is 0.441. The van der Waals surface area contributed by atoms with Crippen molar-refractivity contribution >= 4 is 17.8 Å². The zero-order chi connectivity index (χ0) is 20.7. The third-order valence-electron chi connectivity index (χ3n) is 4.68. The normalized spacial score (nSPS) is 10.7. The van der Waals surface area contributed by atoms with Crippen LogP contribution >= 0.6 is 0 Å². The Morgan fingerprint density at radius 2 is 1.07 bits per heavy atom. The van der Waals surface area contributed by atoms with E-state index >= 15 is 0 Å². The molecule has 0 spiro atoms. The number of carbonyl (C=O) groups is 3. The zero-order valence-corrected chi connectivity index (χ0v) is 18.1. The summed E-state index contributed by atoms with van der Waals surface area (Å²) in [5, 5.41) is 0. The monoisotopic (exact) mass is 384 g/mol. The second kappa shape index (κ2) is 15.5. The molecule has 0 aliphatic rings. The molecule has 6 nitrogen and oxygen atoms in total. The number of likely N-dealkylation sites (N-methyl/N-ethyl adjacent to an activating group) is 2. The molecule has 0 radical (unpaired) electrons. The van der Waals surface area contributed by atoms with Crippen molar-refractivity contribution in [1.29, 1.82) is 0 Å². The minimum Gasteiger partial charge on any atom is -0.442 e. The summed E-state index contributed by atoms with van der Waals surface area (Å²) in [7, 11) is 3.33. The van der Waals surface area contributed by atoms with Crippen molar-refractivity contribution < 1.29 is 19.1 Å². The van der Waals surface area contributed by atoms with Crippen molar-refractivity contribution in [3.05, 3.63) is 0 Å². The molecule has 0 saturated carbocycles. The van der Waals surface area contributed by atoms with Gasteiger partial charge >= 0.3 is 5.97 Å². The van der Waals surface area contributed by atoms with Crippen molar-refractivity contribution in [3.8, 4) is 0 Å². The first kappa shape index (κ1) is 25.4. The first-order valence-corrected chi connectivity index (χ1v) is 10.5. The van der Waals surface area contributed by atoms with Gasteiger partial charge in [-0.15, -0.1) is 0 Å². The molecule has 0 rings (SSSR count). The molecule has 0 fully saturated rings. The summed E-state index contributed by atoms with van der Waals surface area (Å²) in [6, 6.07) is 0. The second-order valence-corrected chi connectivity index (χ2v) is 7.34. The summed E-state index contributed by atoms with van der Waals surface area (Å²) in [5.74, 6) is -1.50. The quantitative estimate of drug-likeness (QED) is 0.245. The number of hydrogen-bond acceptors (Lipinski definition) is 4. The summed E-state index contributed by atoms with van der Waals surface area (Å²) in [4.78, 5) is 39.7. The van der Waals surface area contributed by atoms with Crippen molar-refractivity contribution in [3.63, 3.8) is 0 Å². The van der Waals surface area contributed by atoms with E-state index in [-0.39, 0.29) is 0 Å². The van der Waals surface area contributed by atoms with Gasteiger partial charge in [-0.05, 0) is 12.8 Å². The van der Waals surface area contributed by atoms with E-state index in [2.05, 4.69) is 13.8 Å². The van der Waals surface area contributed by atoms with Gasteiger partial charge in [0.05, 0.1) is 0 Å².